The summed E-state index contributed by atoms with van der Waals surface area (Å²) in [6.45, 7) is 0.913. The first-order chi connectivity index (χ1) is 9.16. The minimum atomic E-state index is -0.444. The predicted octanol–water partition coefficient (Wildman–Crippen LogP) is 3.91. The maximum Gasteiger partial charge on any atom is 0.330 e. The predicted molar refractivity (Wildman–Crippen MR) is 85.0 cm³/mol. The van der Waals surface area contributed by atoms with Crippen molar-refractivity contribution in [1.82, 2.24) is 0 Å². The maximum absolute atomic E-state index is 11.2. The van der Waals surface area contributed by atoms with Gasteiger partial charge < -0.3 is 10.1 Å². The molecule has 2 aromatic carbocycles. The third-order valence-corrected chi connectivity index (χ3v) is 3.35. The Morgan fingerprint density at radius 2 is 1.89 bits per heavy atom. The first-order valence-corrected chi connectivity index (χ1v) is 7.67. The SMILES string of the molecule is O=C(OCCNc1ccc2ccccc2c1)C(Br)Br. The van der Waals surface area contributed by atoms with Gasteiger partial charge in [-0.05, 0) is 22.9 Å². The molecule has 0 amide bonds. The number of rotatable bonds is 5. The van der Waals surface area contributed by atoms with Gasteiger partial charge in [-0.15, -0.1) is 0 Å². The van der Waals surface area contributed by atoms with Gasteiger partial charge in [0.2, 0.25) is 0 Å². The second kappa shape index (κ2) is 6.91. The van der Waals surface area contributed by atoms with E-state index >= 15 is 0 Å². The lowest BCUT2D eigenvalue weighted by Crippen LogP contribution is -2.17. The van der Waals surface area contributed by atoms with Gasteiger partial charge in [0.15, 0.2) is 3.74 Å². The fourth-order valence-corrected chi connectivity index (χ4v) is 1.97. The van der Waals surface area contributed by atoms with Crippen LogP contribution in [0.3, 0.4) is 0 Å². The van der Waals surface area contributed by atoms with Gasteiger partial charge in [-0.1, -0.05) is 62.2 Å². The molecule has 0 saturated carbocycles. The summed E-state index contributed by atoms with van der Waals surface area (Å²) in [6, 6.07) is 14.3. The first kappa shape index (κ1) is 14.3. The molecular weight excluding hydrogens is 374 g/mol. The van der Waals surface area contributed by atoms with Crippen molar-refractivity contribution in [3.05, 3.63) is 42.5 Å². The Hall–Kier alpha value is -1.07. The smallest absolute Gasteiger partial charge is 0.330 e. The summed E-state index contributed by atoms with van der Waals surface area (Å²) in [7, 11) is 0. The zero-order valence-corrected chi connectivity index (χ0v) is 13.3. The largest absolute Gasteiger partial charge is 0.462 e. The van der Waals surface area contributed by atoms with Crippen molar-refractivity contribution in [3.63, 3.8) is 0 Å². The fourth-order valence-electron chi connectivity index (χ4n) is 1.71. The number of nitrogens with one attached hydrogen (secondary N) is 1. The quantitative estimate of drug-likeness (QED) is 0.481. The van der Waals surface area contributed by atoms with Crippen LogP contribution in [0.15, 0.2) is 42.5 Å². The third-order valence-electron chi connectivity index (χ3n) is 2.60. The molecule has 0 aromatic heterocycles. The average molecular weight is 387 g/mol. The molecule has 0 saturated heterocycles. The van der Waals surface area contributed by atoms with Gasteiger partial charge in [0.25, 0.3) is 0 Å². The zero-order chi connectivity index (χ0) is 13.7. The van der Waals surface area contributed by atoms with Crippen LogP contribution in [-0.2, 0) is 9.53 Å². The molecule has 2 aromatic rings. The van der Waals surface area contributed by atoms with Gasteiger partial charge in [-0.25, -0.2) is 4.79 Å². The van der Waals surface area contributed by atoms with Crippen molar-refractivity contribution < 1.29 is 9.53 Å². The molecule has 2 rings (SSSR count). The molecule has 0 bridgehead atoms. The van der Waals surface area contributed by atoms with Gasteiger partial charge in [0, 0.05) is 12.2 Å². The summed E-state index contributed by atoms with van der Waals surface area (Å²) in [5.74, 6) is -0.319. The molecule has 0 unspecified atom stereocenters. The number of ether oxygens (including phenoxy) is 1. The molecule has 0 atom stereocenters. The summed E-state index contributed by atoms with van der Waals surface area (Å²) in [4.78, 5) is 11.2. The summed E-state index contributed by atoms with van der Waals surface area (Å²) < 4.78 is 4.57. The Labute approximate surface area is 128 Å². The van der Waals surface area contributed by atoms with Gasteiger partial charge in [-0.3, -0.25) is 0 Å². The van der Waals surface area contributed by atoms with Crippen molar-refractivity contribution in [2.24, 2.45) is 0 Å². The number of hydrogen-bond donors (Lipinski definition) is 1. The van der Waals surface area contributed by atoms with Crippen molar-refractivity contribution in [2.75, 3.05) is 18.5 Å². The van der Waals surface area contributed by atoms with Crippen molar-refractivity contribution >= 4 is 54.3 Å². The highest BCUT2D eigenvalue weighted by Crippen LogP contribution is 2.18. The number of alkyl halides is 2. The second-order valence-electron chi connectivity index (χ2n) is 3.96. The van der Waals surface area contributed by atoms with Crippen LogP contribution in [0.25, 0.3) is 10.8 Å². The van der Waals surface area contributed by atoms with Crippen LogP contribution in [0.1, 0.15) is 0 Å². The van der Waals surface area contributed by atoms with Gasteiger partial charge in [-0.2, -0.15) is 0 Å². The van der Waals surface area contributed by atoms with Crippen LogP contribution < -0.4 is 5.32 Å². The van der Waals surface area contributed by atoms with E-state index in [2.05, 4.69) is 61.4 Å². The molecule has 100 valence electrons. The molecule has 3 nitrogen and oxygen atoms in total. The lowest BCUT2D eigenvalue weighted by molar-refractivity contribution is -0.140. The minimum Gasteiger partial charge on any atom is -0.462 e. The molecule has 0 aliphatic carbocycles. The zero-order valence-electron chi connectivity index (χ0n) is 10.1. The topological polar surface area (TPSA) is 38.3 Å². The molecule has 19 heavy (non-hydrogen) atoms. The molecule has 5 heteroatoms. The minimum absolute atomic E-state index is 0.319. The second-order valence-corrected chi connectivity index (χ2v) is 7.02. The molecule has 0 spiro atoms. The monoisotopic (exact) mass is 385 g/mol. The number of benzene rings is 2. The number of fused-ring (bicyclic) bond motifs is 1. The van der Waals surface area contributed by atoms with E-state index in [-0.39, 0.29) is 5.97 Å². The number of carbonyl (C=O) groups is 1. The molecule has 0 radical (unpaired) electrons. The van der Waals surface area contributed by atoms with Crippen LogP contribution in [-0.4, -0.2) is 22.9 Å². The van der Waals surface area contributed by atoms with E-state index in [9.17, 15) is 4.79 Å². The Kier molecular flexibility index (Phi) is 5.22. The standard InChI is InChI=1S/C14H13Br2NO2/c15-13(16)14(18)19-8-7-17-12-6-5-10-3-1-2-4-11(10)9-12/h1-6,9,13,17H,7-8H2. The number of carbonyl (C=O) groups excluding carboxylic acids is 1. The number of halogens is 2. The molecule has 0 fully saturated rings. The van der Waals surface area contributed by atoms with E-state index in [1.165, 1.54) is 10.8 Å². The Bertz CT molecular complexity index is 572. The molecule has 1 N–H and O–H groups in total. The Balaban J connectivity index is 1.86. The highest BCUT2D eigenvalue weighted by Gasteiger charge is 2.10. The van der Waals surface area contributed by atoms with E-state index in [0.29, 0.717) is 13.2 Å². The van der Waals surface area contributed by atoms with Crippen LogP contribution >= 0.6 is 31.9 Å². The normalized spacial score (nSPS) is 10.7. The van der Waals surface area contributed by atoms with E-state index in [4.69, 9.17) is 4.74 Å². The van der Waals surface area contributed by atoms with Gasteiger partial charge in [0.05, 0.1) is 0 Å². The number of hydrogen-bond acceptors (Lipinski definition) is 3. The summed E-state index contributed by atoms with van der Waals surface area (Å²) in [5, 5.41) is 5.62. The van der Waals surface area contributed by atoms with Crippen LogP contribution in [0.4, 0.5) is 5.69 Å². The highest BCUT2D eigenvalue weighted by atomic mass is 79.9. The lowest BCUT2D eigenvalue weighted by atomic mass is 10.1. The highest BCUT2D eigenvalue weighted by molar-refractivity contribution is 9.25. The lowest BCUT2D eigenvalue weighted by Gasteiger charge is -2.09. The van der Waals surface area contributed by atoms with E-state index in [1.807, 2.05) is 18.2 Å². The van der Waals surface area contributed by atoms with Gasteiger partial charge >= 0.3 is 5.97 Å². The summed E-state index contributed by atoms with van der Waals surface area (Å²) >= 11 is 6.17. The van der Waals surface area contributed by atoms with Crippen molar-refractivity contribution in [1.29, 1.82) is 0 Å². The fraction of sp³-hybridized carbons (Fsp3) is 0.214. The van der Waals surface area contributed by atoms with E-state index < -0.39 is 3.74 Å². The Morgan fingerprint density at radius 1 is 1.16 bits per heavy atom. The molecular formula is C14H13Br2NO2. The van der Waals surface area contributed by atoms with Crippen molar-refractivity contribution in [3.8, 4) is 0 Å². The summed E-state index contributed by atoms with van der Waals surface area (Å²) in [5.41, 5.74) is 1.02. The van der Waals surface area contributed by atoms with Crippen LogP contribution in [0.2, 0.25) is 0 Å². The maximum atomic E-state index is 11.2. The van der Waals surface area contributed by atoms with Gasteiger partial charge in [0.1, 0.15) is 6.61 Å². The van der Waals surface area contributed by atoms with Crippen molar-refractivity contribution in [2.45, 2.75) is 3.74 Å². The van der Waals surface area contributed by atoms with Crippen LogP contribution in [0.5, 0.6) is 0 Å². The molecule has 0 aliphatic rings. The van der Waals surface area contributed by atoms with E-state index in [0.717, 1.165) is 5.69 Å². The molecule has 0 aliphatic heterocycles. The average Bonchev–Trinajstić information content (AvgIpc) is 2.43. The number of anilines is 1. The number of esters is 1. The molecule has 0 heterocycles. The van der Waals surface area contributed by atoms with Crippen LogP contribution in [0, 0.1) is 0 Å². The Morgan fingerprint density at radius 3 is 2.63 bits per heavy atom. The summed E-state index contributed by atoms with van der Waals surface area (Å²) in [6.07, 6.45) is 0. The van der Waals surface area contributed by atoms with E-state index in [1.54, 1.807) is 0 Å². The first-order valence-electron chi connectivity index (χ1n) is 5.84. The third kappa shape index (κ3) is 4.21.